The van der Waals surface area contributed by atoms with E-state index in [4.69, 9.17) is 5.73 Å². The molecular formula is C14H21N. The molecule has 1 saturated carbocycles. The minimum Gasteiger partial charge on any atom is -0.321 e. The van der Waals surface area contributed by atoms with Crippen molar-refractivity contribution in [2.24, 2.45) is 5.73 Å². The molecule has 1 aliphatic rings. The van der Waals surface area contributed by atoms with Gasteiger partial charge in [0, 0.05) is 5.54 Å². The fourth-order valence-electron chi connectivity index (χ4n) is 2.60. The van der Waals surface area contributed by atoms with Crippen molar-refractivity contribution < 1.29 is 0 Å². The van der Waals surface area contributed by atoms with Gasteiger partial charge in [-0.15, -0.1) is 0 Å². The van der Waals surface area contributed by atoms with E-state index in [-0.39, 0.29) is 5.54 Å². The first-order valence-electron chi connectivity index (χ1n) is 6.07. The maximum absolute atomic E-state index is 6.55. The average Bonchev–Trinajstić information content (AvgIpc) is 2.44. The molecular weight excluding hydrogens is 182 g/mol. The summed E-state index contributed by atoms with van der Waals surface area (Å²) in [6.45, 7) is 2.14. The predicted octanol–water partition coefficient (Wildman–Crippen LogP) is 3.50. The van der Waals surface area contributed by atoms with Gasteiger partial charge in [-0.2, -0.15) is 0 Å². The Balaban J connectivity index is 2.26. The van der Waals surface area contributed by atoms with E-state index < -0.39 is 0 Å². The quantitative estimate of drug-likeness (QED) is 0.694. The van der Waals surface area contributed by atoms with E-state index in [1.54, 1.807) is 0 Å². The lowest BCUT2D eigenvalue weighted by Crippen LogP contribution is -2.35. The predicted molar refractivity (Wildman–Crippen MR) is 64.7 cm³/mol. The monoisotopic (exact) mass is 203 g/mol. The van der Waals surface area contributed by atoms with Gasteiger partial charge in [-0.1, -0.05) is 55.5 Å². The third-order valence-electron chi connectivity index (χ3n) is 3.59. The largest absolute Gasteiger partial charge is 0.321 e. The molecule has 0 unspecified atom stereocenters. The molecule has 1 nitrogen and oxygen atoms in total. The number of hydrogen-bond acceptors (Lipinski definition) is 1. The molecule has 0 bridgehead atoms. The van der Waals surface area contributed by atoms with Crippen LogP contribution in [0.3, 0.4) is 0 Å². The first-order chi connectivity index (χ1) is 7.21. The van der Waals surface area contributed by atoms with Gasteiger partial charge in [0.25, 0.3) is 0 Å². The van der Waals surface area contributed by atoms with E-state index in [9.17, 15) is 0 Å². The fraction of sp³-hybridized carbons (Fsp3) is 0.571. The summed E-state index contributed by atoms with van der Waals surface area (Å²) in [6, 6.07) is 8.72. The van der Waals surface area contributed by atoms with E-state index in [0.717, 1.165) is 12.8 Å². The van der Waals surface area contributed by atoms with Crippen molar-refractivity contribution in [2.45, 2.75) is 51.0 Å². The number of hydrogen-bond donors (Lipinski definition) is 1. The molecule has 0 aliphatic heterocycles. The highest BCUT2D eigenvalue weighted by Gasteiger charge is 2.27. The number of rotatable bonds is 1. The van der Waals surface area contributed by atoms with E-state index >= 15 is 0 Å². The molecule has 1 aromatic rings. The molecule has 1 aliphatic carbocycles. The summed E-state index contributed by atoms with van der Waals surface area (Å²) in [4.78, 5) is 0. The van der Waals surface area contributed by atoms with Crippen molar-refractivity contribution in [3.63, 3.8) is 0 Å². The van der Waals surface area contributed by atoms with Gasteiger partial charge in [-0.25, -0.2) is 0 Å². The smallest absolute Gasteiger partial charge is 0.0409 e. The van der Waals surface area contributed by atoms with Crippen molar-refractivity contribution in [1.82, 2.24) is 0 Å². The Kier molecular flexibility index (Phi) is 3.11. The van der Waals surface area contributed by atoms with Crippen LogP contribution in [0.15, 0.2) is 24.3 Å². The van der Waals surface area contributed by atoms with Gasteiger partial charge in [-0.3, -0.25) is 0 Å². The molecule has 0 aromatic heterocycles. The Bertz CT molecular complexity index is 322. The van der Waals surface area contributed by atoms with E-state index in [0.29, 0.717) is 0 Å². The van der Waals surface area contributed by atoms with Gasteiger partial charge < -0.3 is 5.73 Å². The van der Waals surface area contributed by atoms with Crippen LogP contribution in [0.4, 0.5) is 0 Å². The highest BCUT2D eigenvalue weighted by atomic mass is 14.7. The van der Waals surface area contributed by atoms with Crippen molar-refractivity contribution in [3.05, 3.63) is 35.4 Å². The standard InChI is InChI=1S/C14H21N/c1-12-7-6-8-13(11-12)14(15)9-4-2-3-5-10-14/h6-8,11H,2-5,9-10,15H2,1H3. The zero-order valence-electron chi connectivity index (χ0n) is 9.63. The summed E-state index contributed by atoms with van der Waals surface area (Å²) in [5.74, 6) is 0. The Labute approximate surface area is 92.7 Å². The Morgan fingerprint density at radius 1 is 1.07 bits per heavy atom. The summed E-state index contributed by atoms with van der Waals surface area (Å²) < 4.78 is 0. The molecule has 2 N–H and O–H groups in total. The second kappa shape index (κ2) is 4.36. The Morgan fingerprint density at radius 3 is 2.33 bits per heavy atom. The zero-order valence-corrected chi connectivity index (χ0v) is 9.63. The number of benzene rings is 1. The van der Waals surface area contributed by atoms with Crippen LogP contribution in [-0.4, -0.2) is 0 Å². The van der Waals surface area contributed by atoms with Crippen LogP contribution < -0.4 is 5.73 Å². The molecule has 2 rings (SSSR count). The average molecular weight is 203 g/mol. The lowest BCUT2D eigenvalue weighted by atomic mass is 9.83. The second-order valence-corrected chi connectivity index (χ2v) is 4.94. The highest BCUT2D eigenvalue weighted by molar-refractivity contribution is 5.28. The minimum atomic E-state index is -0.0531. The minimum absolute atomic E-state index is 0.0531. The van der Waals surface area contributed by atoms with Crippen molar-refractivity contribution in [3.8, 4) is 0 Å². The molecule has 1 aromatic carbocycles. The SMILES string of the molecule is Cc1cccc(C2(N)CCCCCC2)c1. The fourth-order valence-corrected chi connectivity index (χ4v) is 2.60. The van der Waals surface area contributed by atoms with Crippen LogP contribution in [0, 0.1) is 6.92 Å². The van der Waals surface area contributed by atoms with Gasteiger partial charge in [0.15, 0.2) is 0 Å². The van der Waals surface area contributed by atoms with Gasteiger partial charge in [0.05, 0.1) is 0 Å². The molecule has 0 heterocycles. The van der Waals surface area contributed by atoms with Gasteiger partial charge in [-0.05, 0) is 25.3 Å². The van der Waals surface area contributed by atoms with Crippen LogP contribution in [0.2, 0.25) is 0 Å². The highest BCUT2D eigenvalue weighted by Crippen LogP contribution is 2.33. The maximum atomic E-state index is 6.55. The molecule has 1 fully saturated rings. The lowest BCUT2D eigenvalue weighted by molar-refractivity contribution is 0.385. The van der Waals surface area contributed by atoms with Crippen LogP contribution >= 0.6 is 0 Å². The first-order valence-corrected chi connectivity index (χ1v) is 6.07. The molecule has 15 heavy (non-hydrogen) atoms. The van der Waals surface area contributed by atoms with Crippen molar-refractivity contribution in [2.75, 3.05) is 0 Å². The maximum Gasteiger partial charge on any atom is 0.0409 e. The van der Waals surface area contributed by atoms with Crippen molar-refractivity contribution >= 4 is 0 Å². The summed E-state index contributed by atoms with van der Waals surface area (Å²) in [5.41, 5.74) is 9.15. The summed E-state index contributed by atoms with van der Waals surface area (Å²) >= 11 is 0. The number of nitrogens with two attached hydrogens (primary N) is 1. The molecule has 0 spiro atoms. The van der Waals surface area contributed by atoms with E-state index in [1.165, 1.54) is 36.8 Å². The zero-order chi connectivity index (χ0) is 10.7. The third-order valence-corrected chi connectivity index (χ3v) is 3.59. The van der Waals surface area contributed by atoms with Gasteiger partial charge in [0.1, 0.15) is 0 Å². The molecule has 0 radical (unpaired) electrons. The van der Waals surface area contributed by atoms with Crippen LogP contribution in [0.5, 0.6) is 0 Å². The Morgan fingerprint density at radius 2 is 1.73 bits per heavy atom. The molecule has 0 amide bonds. The molecule has 0 atom stereocenters. The third kappa shape index (κ3) is 2.40. The summed E-state index contributed by atoms with van der Waals surface area (Å²) in [5, 5.41) is 0. The topological polar surface area (TPSA) is 26.0 Å². The summed E-state index contributed by atoms with van der Waals surface area (Å²) in [6.07, 6.45) is 7.57. The first kappa shape index (κ1) is 10.7. The number of aryl methyl sites for hydroxylation is 1. The van der Waals surface area contributed by atoms with Crippen LogP contribution in [0.25, 0.3) is 0 Å². The van der Waals surface area contributed by atoms with Crippen LogP contribution in [0.1, 0.15) is 49.7 Å². The van der Waals surface area contributed by atoms with Crippen LogP contribution in [-0.2, 0) is 5.54 Å². The molecule has 1 heteroatoms. The molecule has 0 saturated heterocycles. The normalized spacial score (nSPS) is 20.9. The Hall–Kier alpha value is -0.820. The van der Waals surface area contributed by atoms with E-state index in [1.807, 2.05) is 0 Å². The summed E-state index contributed by atoms with van der Waals surface area (Å²) in [7, 11) is 0. The van der Waals surface area contributed by atoms with Gasteiger partial charge in [0.2, 0.25) is 0 Å². The van der Waals surface area contributed by atoms with E-state index in [2.05, 4.69) is 31.2 Å². The van der Waals surface area contributed by atoms with Gasteiger partial charge >= 0.3 is 0 Å². The van der Waals surface area contributed by atoms with Crippen molar-refractivity contribution in [1.29, 1.82) is 0 Å². The molecule has 82 valence electrons. The lowest BCUT2D eigenvalue weighted by Gasteiger charge is -2.29. The second-order valence-electron chi connectivity index (χ2n) is 4.94.